The molecular formula is C42H30Cl3OP. The Morgan fingerprint density at radius 3 is 0.660 bits per heavy atom. The summed E-state index contributed by atoms with van der Waals surface area (Å²) >= 11 is 18.1. The maximum absolute atomic E-state index is 15.3. The van der Waals surface area contributed by atoms with Gasteiger partial charge in [0.1, 0.15) is 0 Å². The zero-order valence-corrected chi connectivity index (χ0v) is 28.5. The van der Waals surface area contributed by atoms with Crippen LogP contribution in [0.3, 0.4) is 0 Å². The highest BCUT2D eigenvalue weighted by Crippen LogP contribution is 2.42. The molecule has 5 heteroatoms. The van der Waals surface area contributed by atoms with E-state index >= 15 is 4.57 Å². The monoisotopic (exact) mass is 686 g/mol. The lowest BCUT2D eigenvalue weighted by Crippen LogP contribution is -2.25. The SMILES string of the molecule is O=P(c1ccc(/C=C/c2ccc(Cl)cc2)cc1)(c1ccc(/C=C/c2ccc(Cl)cc2)cc1)c1ccc(/C=C/c2ccc(Cl)cc2)cc1. The highest BCUT2D eigenvalue weighted by atomic mass is 35.5. The maximum atomic E-state index is 15.3. The molecule has 47 heavy (non-hydrogen) atoms. The largest absolute Gasteiger partial charge is 0.309 e. The van der Waals surface area contributed by atoms with Crippen LogP contribution in [0.2, 0.25) is 15.1 Å². The molecule has 0 aromatic heterocycles. The van der Waals surface area contributed by atoms with Gasteiger partial charge in [0.25, 0.3) is 0 Å². The number of hydrogen-bond acceptors (Lipinski definition) is 1. The van der Waals surface area contributed by atoms with E-state index in [-0.39, 0.29) is 0 Å². The van der Waals surface area contributed by atoms with E-state index in [1.807, 2.05) is 182 Å². The van der Waals surface area contributed by atoms with Crippen molar-refractivity contribution in [1.29, 1.82) is 0 Å². The van der Waals surface area contributed by atoms with Gasteiger partial charge in [-0.25, -0.2) is 0 Å². The van der Waals surface area contributed by atoms with Gasteiger partial charge in [-0.3, -0.25) is 0 Å². The van der Waals surface area contributed by atoms with Crippen molar-refractivity contribution in [2.24, 2.45) is 0 Å². The van der Waals surface area contributed by atoms with E-state index in [9.17, 15) is 0 Å². The quantitative estimate of drug-likeness (QED) is 0.109. The van der Waals surface area contributed by atoms with Gasteiger partial charge in [0.05, 0.1) is 0 Å². The standard InChI is InChI=1S/C42H30Cl3OP/c43-37-19-7-31(8-20-37)1-4-34-13-25-40(26-14-34)47(46,41-27-15-35(16-28-41)5-2-32-9-21-38(44)22-10-32)42-29-17-36(18-30-42)6-3-33-11-23-39(45)24-12-33/h1-30H/b4-1+,5-2+,6-3+. The van der Waals surface area contributed by atoms with Crippen LogP contribution < -0.4 is 15.9 Å². The summed E-state index contributed by atoms with van der Waals surface area (Å²) in [7, 11) is -3.20. The third-order valence-corrected chi connectivity index (χ3v) is 11.6. The molecule has 1 nitrogen and oxygen atoms in total. The Bertz CT molecular complexity index is 1830. The second-order valence-electron chi connectivity index (χ2n) is 11.0. The van der Waals surface area contributed by atoms with Crippen LogP contribution in [0.25, 0.3) is 36.5 Å². The molecule has 0 bridgehead atoms. The van der Waals surface area contributed by atoms with Crippen molar-refractivity contribution >= 4 is 94.3 Å². The third kappa shape index (κ3) is 8.33. The highest BCUT2D eigenvalue weighted by Gasteiger charge is 2.29. The Kier molecular flexibility index (Phi) is 10.4. The van der Waals surface area contributed by atoms with Gasteiger partial charge in [-0.15, -0.1) is 0 Å². The van der Waals surface area contributed by atoms with Gasteiger partial charge in [0.2, 0.25) is 0 Å². The first-order valence-electron chi connectivity index (χ1n) is 15.1. The maximum Gasteiger partial charge on any atom is 0.171 e. The molecule has 0 aliphatic rings. The second kappa shape index (κ2) is 15.0. The Labute approximate surface area is 291 Å². The molecule has 0 saturated carbocycles. The first kappa shape index (κ1) is 32.6. The van der Waals surface area contributed by atoms with Gasteiger partial charge in [0, 0.05) is 31.0 Å². The molecule has 0 spiro atoms. The van der Waals surface area contributed by atoms with Crippen LogP contribution >= 0.6 is 41.9 Å². The van der Waals surface area contributed by atoms with Crippen LogP contribution in [0.5, 0.6) is 0 Å². The van der Waals surface area contributed by atoms with E-state index in [1.54, 1.807) is 0 Å². The molecule has 6 aromatic rings. The molecule has 230 valence electrons. The lowest BCUT2D eigenvalue weighted by molar-refractivity contribution is 0.592. The predicted octanol–water partition coefficient (Wildman–Crippen LogP) is 11.8. The minimum absolute atomic E-state index is 0.707. The van der Waals surface area contributed by atoms with Crippen molar-refractivity contribution in [3.63, 3.8) is 0 Å². The highest BCUT2D eigenvalue weighted by molar-refractivity contribution is 7.85. The summed E-state index contributed by atoms with van der Waals surface area (Å²) in [6, 6.07) is 47.0. The lowest BCUT2D eigenvalue weighted by Gasteiger charge is -2.20. The molecule has 6 aromatic carbocycles. The fourth-order valence-electron chi connectivity index (χ4n) is 5.13. The first-order valence-corrected chi connectivity index (χ1v) is 17.9. The normalized spacial score (nSPS) is 12.0. The average molecular weight is 688 g/mol. The topological polar surface area (TPSA) is 17.1 Å². The van der Waals surface area contributed by atoms with Crippen LogP contribution in [0.1, 0.15) is 33.4 Å². The molecule has 0 unspecified atom stereocenters. The number of halogens is 3. The van der Waals surface area contributed by atoms with Crippen molar-refractivity contribution in [3.05, 3.63) is 194 Å². The fraction of sp³-hybridized carbons (Fsp3) is 0. The molecule has 6 rings (SSSR count). The molecule has 0 aliphatic carbocycles. The van der Waals surface area contributed by atoms with Crippen molar-refractivity contribution in [3.8, 4) is 0 Å². The van der Waals surface area contributed by atoms with Gasteiger partial charge in [-0.1, -0.05) is 180 Å². The van der Waals surface area contributed by atoms with Gasteiger partial charge in [0.15, 0.2) is 7.14 Å². The zero-order chi connectivity index (χ0) is 32.6. The van der Waals surface area contributed by atoms with E-state index in [2.05, 4.69) is 0 Å². The van der Waals surface area contributed by atoms with Gasteiger partial charge in [-0.2, -0.15) is 0 Å². The van der Waals surface area contributed by atoms with Crippen LogP contribution in [0.4, 0.5) is 0 Å². The van der Waals surface area contributed by atoms with E-state index in [4.69, 9.17) is 34.8 Å². The Morgan fingerprint density at radius 1 is 0.298 bits per heavy atom. The number of benzene rings is 6. The fourth-order valence-corrected chi connectivity index (χ4v) is 8.11. The lowest BCUT2D eigenvalue weighted by atomic mass is 10.1. The van der Waals surface area contributed by atoms with Crippen LogP contribution in [0, 0.1) is 0 Å². The van der Waals surface area contributed by atoms with Crippen LogP contribution in [0.15, 0.2) is 146 Å². The second-order valence-corrected chi connectivity index (χ2v) is 15.1. The minimum atomic E-state index is -3.20. The van der Waals surface area contributed by atoms with Crippen molar-refractivity contribution in [2.45, 2.75) is 0 Å². The number of rotatable bonds is 9. The molecule has 0 atom stereocenters. The summed E-state index contributed by atoms with van der Waals surface area (Å²) in [4.78, 5) is 0. The molecular weight excluding hydrogens is 658 g/mol. The van der Waals surface area contributed by atoms with E-state index < -0.39 is 7.14 Å². The molecule has 0 aliphatic heterocycles. The summed E-state index contributed by atoms with van der Waals surface area (Å²) < 4.78 is 15.3. The van der Waals surface area contributed by atoms with E-state index in [0.29, 0.717) is 15.1 Å². The van der Waals surface area contributed by atoms with Gasteiger partial charge >= 0.3 is 0 Å². The molecule has 0 saturated heterocycles. The Hall–Kier alpha value is -4.36. The summed E-state index contributed by atoms with van der Waals surface area (Å²) in [6.45, 7) is 0. The smallest absolute Gasteiger partial charge is 0.171 e. The first-order chi connectivity index (χ1) is 22.8. The van der Waals surface area contributed by atoms with Crippen molar-refractivity contribution < 1.29 is 4.57 Å². The molecule has 0 heterocycles. The van der Waals surface area contributed by atoms with Crippen LogP contribution in [-0.2, 0) is 4.57 Å². The number of hydrogen-bond donors (Lipinski definition) is 0. The summed E-state index contributed by atoms with van der Waals surface area (Å²) in [6.07, 6.45) is 12.2. The summed E-state index contributed by atoms with van der Waals surface area (Å²) in [5.41, 5.74) is 6.21. The van der Waals surface area contributed by atoms with Gasteiger partial charge in [-0.05, 0) is 69.8 Å². The van der Waals surface area contributed by atoms with Gasteiger partial charge < -0.3 is 4.57 Å². The van der Waals surface area contributed by atoms with E-state index in [1.165, 1.54) is 0 Å². The molecule has 0 radical (unpaired) electrons. The third-order valence-electron chi connectivity index (χ3n) is 7.78. The average Bonchev–Trinajstić information content (AvgIpc) is 3.11. The molecule has 0 N–H and O–H groups in total. The summed E-state index contributed by atoms with van der Waals surface area (Å²) in [5.74, 6) is 0. The molecule has 0 amide bonds. The van der Waals surface area contributed by atoms with Crippen molar-refractivity contribution in [2.75, 3.05) is 0 Å². The predicted molar refractivity (Wildman–Crippen MR) is 207 cm³/mol. The van der Waals surface area contributed by atoms with Crippen LogP contribution in [-0.4, -0.2) is 0 Å². The Balaban J connectivity index is 1.31. The molecule has 0 fully saturated rings. The van der Waals surface area contributed by atoms with Crippen molar-refractivity contribution in [1.82, 2.24) is 0 Å². The zero-order valence-electron chi connectivity index (χ0n) is 25.3. The summed E-state index contributed by atoms with van der Waals surface area (Å²) in [5, 5.41) is 4.44. The minimum Gasteiger partial charge on any atom is -0.309 e. The Morgan fingerprint density at radius 2 is 0.468 bits per heavy atom. The van der Waals surface area contributed by atoms with E-state index in [0.717, 1.165) is 49.3 Å².